The summed E-state index contributed by atoms with van der Waals surface area (Å²) in [6, 6.07) is 0. The number of rotatable bonds is 1. The van der Waals surface area contributed by atoms with Crippen molar-refractivity contribution in [3.05, 3.63) is 0 Å². The molecule has 0 radical (unpaired) electrons. The Morgan fingerprint density at radius 3 is 1.50 bits per heavy atom. The number of unbranched alkanes of at least 4 members (excludes halogenated alkanes) is 1. The van der Waals surface area contributed by atoms with E-state index in [9.17, 15) is 0 Å². The number of hydrogen-bond donors (Lipinski definition) is 1. The molecule has 0 spiro atoms. The molecular weight excluding hydrogens is 100 g/mol. The van der Waals surface area contributed by atoms with Gasteiger partial charge in [-0.3, -0.25) is 0 Å². The summed E-state index contributed by atoms with van der Waals surface area (Å²) in [4.78, 5) is 0. The van der Waals surface area contributed by atoms with Crippen molar-refractivity contribution in [2.24, 2.45) is 0 Å². The zero-order valence-electron chi connectivity index (χ0n) is 5.02. The van der Waals surface area contributed by atoms with Gasteiger partial charge < -0.3 is 5.11 Å². The summed E-state index contributed by atoms with van der Waals surface area (Å²) in [7, 11) is 1.00. The molecule has 0 saturated carbocycles. The van der Waals surface area contributed by atoms with E-state index in [1.165, 1.54) is 0 Å². The molecule has 0 fully saturated rings. The van der Waals surface area contributed by atoms with E-state index in [0.29, 0.717) is 12.8 Å². The van der Waals surface area contributed by atoms with Crippen LogP contribution < -0.4 is 0 Å². The number of hydrogen-bond acceptors (Lipinski definition) is 1. The zero-order valence-corrected chi connectivity index (χ0v) is 5.02. The van der Waals surface area contributed by atoms with Crippen LogP contribution in [0.15, 0.2) is 0 Å². The lowest BCUT2D eigenvalue weighted by molar-refractivity contribution is 0.399. The molecule has 0 saturated heterocycles. The van der Waals surface area contributed by atoms with Gasteiger partial charge in [-0.15, -0.1) is 24.7 Å². The molecule has 0 bridgehead atoms. The van der Waals surface area contributed by atoms with Gasteiger partial charge in [0.1, 0.15) is 0 Å². The lowest BCUT2D eigenvalue weighted by Crippen LogP contribution is -1.58. The number of aliphatic hydroxyl groups excluding tert-OH is 1. The highest BCUT2D eigenvalue weighted by Crippen LogP contribution is 1.78. The summed E-state index contributed by atoms with van der Waals surface area (Å²) in [6.07, 6.45) is 11.1. The second kappa shape index (κ2) is 16.5. The highest BCUT2D eigenvalue weighted by molar-refractivity contribution is 4.92. The van der Waals surface area contributed by atoms with Crippen LogP contribution in [0.3, 0.4) is 0 Å². The van der Waals surface area contributed by atoms with E-state index in [1.54, 1.807) is 0 Å². The van der Waals surface area contributed by atoms with Crippen LogP contribution in [0, 0.1) is 24.7 Å². The van der Waals surface area contributed by atoms with Gasteiger partial charge in [0.15, 0.2) is 0 Å². The Hall–Kier alpha value is -0.920. The Labute approximate surface area is 50.7 Å². The quantitative estimate of drug-likeness (QED) is 0.388. The molecule has 0 rings (SSSR count). The molecular formula is C7H10O. The molecule has 1 nitrogen and oxygen atoms in total. The van der Waals surface area contributed by atoms with Gasteiger partial charge in [-0.05, 0) is 0 Å². The third kappa shape index (κ3) is 19.5. The molecule has 44 valence electrons. The van der Waals surface area contributed by atoms with E-state index >= 15 is 0 Å². The van der Waals surface area contributed by atoms with Crippen LogP contribution in [-0.4, -0.2) is 12.2 Å². The summed E-state index contributed by atoms with van der Waals surface area (Å²) >= 11 is 0. The van der Waals surface area contributed by atoms with Gasteiger partial charge in [0.05, 0.1) is 0 Å². The molecule has 0 amide bonds. The van der Waals surface area contributed by atoms with Crippen LogP contribution >= 0.6 is 0 Å². The van der Waals surface area contributed by atoms with Gasteiger partial charge in [0, 0.05) is 20.0 Å². The van der Waals surface area contributed by atoms with Gasteiger partial charge in [-0.1, -0.05) is 0 Å². The number of terminal acetylenes is 2. The monoisotopic (exact) mass is 110 g/mol. The summed E-state index contributed by atoms with van der Waals surface area (Å²) in [5.41, 5.74) is 0. The van der Waals surface area contributed by atoms with Gasteiger partial charge >= 0.3 is 0 Å². The van der Waals surface area contributed by atoms with E-state index in [2.05, 4.69) is 11.8 Å². The normalized spacial score (nSPS) is 5.00. The maximum Gasteiger partial charge on any atom is 0.0319 e. The minimum atomic E-state index is 0.705. The van der Waals surface area contributed by atoms with Crippen LogP contribution in [0.2, 0.25) is 0 Å². The van der Waals surface area contributed by atoms with E-state index in [4.69, 9.17) is 18.0 Å². The Bertz CT molecular complexity index is 77.9. The lowest BCUT2D eigenvalue weighted by atomic mass is 10.3. The molecule has 0 aliphatic rings. The topological polar surface area (TPSA) is 20.2 Å². The molecule has 1 heteroatoms. The van der Waals surface area contributed by atoms with Crippen molar-refractivity contribution in [3.8, 4) is 24.7 Å². The first-order valence-electron chi connectivity index (χ1n) is 2.23. The van der Waals surface area contributed by atoms with E-state index < -0.39 is 0 Å². The minimum absolute atomic E-state index is 0.705. The largest absolute Gasteiger partial charge is 0.400 e. The molecule has 0 aromatic heterocycles. The molecule has 0 aromatic rings. The Kier molecular flexibility index (Phi) is 21.0. The van der Waals surface area contributed by atoms with Crippen molar-refractivity contribution in [2.75, 3.05) is 7.11 Å². The summed E-state index contributed by atoms with van der Waals surface area (Å²) in [5, 5.41) is 7.00. The average molecular weight is 110 g/mol. The molecule has 0 aromatic carbocycles. The number of aliphatic hydroxyl groups is 1. The SMILES string of the molecule is C#CCCC#C.CO. The lowest BCUT2D eigenvalue weighted by Gasteiger charge is -1.70. The van der Waals surface area contributed by atoms with Gasteiger partial charge in [-0.2, -0.15) is 0 Å². The highest BCUT2D eigenvalue weighted by Gasteiger charge is 1.66. The van der Waals surface area contributed by atoms with Crippen molar-refractivity contribution >= 4 is 0 Å². The predicted octanol–water partition coefficient (Wildman–Crippen LogP) is 0.641. The smallest absolute Gasteiger partial charge is 0.0319 e. The molecule has 0 heterocycles. The highest BCUT2D eigenvalue weighted by atomic mass is 16.2. The molecule has 0 unspecified atom stereocenters. The minimum Gasteiger partial charge on any atom is -0.400 e. The van der Waals surface area contributed by atoms with Crippen molar-refractivity contribution in [3.63, 3.8) is 0 Å². The van der Waals surface area contributed by atoms with Crippen molar-refractivity contribution in [1.82, 2.24) is 0 Å². The predicted molar refractivity (Wildman–Crippen MR) is 35.0 cm³/mol. The van der Waals surface area contributed by atoms with Gasteiger partial charge in [-0.25, -0.2) is 0 Å². The van der Waals surface area contributed by atoms with E-state index in [0.717, 1.165) is 7.11 Å². The van der Waals surface area contributed by atoms with Crippen LogP contribution in [0.4, 0.5) is 0 Å². The first-order chi connectivity index (χ1) is 3.91. The first-order valence-corrected chi connectivity index (χ1v) is 2.23. The van der Waals surface area contributed by atoms with Crippen molar-refractivity contribution < 1.29 is 5.11 Å². The fraction of sp³-hybridized carbons (Fsp3) is 0.429. The maximum absolute atomic E-state index is 7.00. The van der Waals surface area contributed by atoms with E-state index in [-0.39, 0.29) is 0 Å². The van der Waals surface area contributed by atoms with Crippen LogP contribution in [0.5, 0.6) is 0 Å². The second-order valence-electron chi connectivity index (χ2n) is 0.908. The third-order valence-corrected chi connectivity index (χ3v) is 0.414. The Morgan fingerprint density at radius 2 is 1.38 bits per heavy atom. The Morgan fingerprint density at radius 1 is 1.12 bits per heavy atom. The fourth-order valence-electron chi connectivity index (χ4n) is 0.144. The first kappa shape index (κ1) is 10.1. The van der Waals surface area contributed by atoms with Crippen LogP contribution in [-0.2, 0) is 0 Å². The van der Waals surface area contributed by atoms with Gasteiger partial charge in [0.25, 0.3) is 0 Å². The molecule has 0 aliphatic carbocycles. The Balaban J connectivity index is 0. The standard InChI is InChI=1S/C6H6.CH4O/c1-3-5-6-4-2;1-2/h1-2H,5-6H2;2H,1H3. The summed E-state index contributed by atoms with van der Waals surface area (Å²) in [5.74, 6) is 4.85. The molecule has 0 atom stereocenters. The van der Waals surface area contributed by atoms with Crippen molar-refractivity contribution in [1.29, 1.82) is 0 Å². The molecule has 1 N–H and O–H groups in total. The summed E-state index contributed by atoms with van der Waals surface area (Å²) < 4.78 is 0. The molecule has 0 aliphatic heterocycles. The zero-order chi connectivity index (χ0) is 6.83. The van der Waals surface area contributed by atoms with Crippen molar-refractivity contribution in [2.45, 2.75) is 12.8 Å². The average Bonchev–Trinajstić information content (AvgIpc) is 1.88. The third-order valence-electron chi connectivity index (χ3n) is 0.414. The van der Waals surface area contributed by atoms with Crippen LogP contribution in [0.25, 0.3) is 0 Å². The second-order valence-corrected chi connectivity index (χ2v) is 0.908. The molecule has 8 heavy (non-hydrogen) atoms. The van der Waals surface area contributed by atoms with Crippen LogP contribution in [0.1, 0.15) is 12.8 Å². The van der Waals surface area contributed by atoms with Gasteiger partial charge in [0.2, 0.25) is 0 Å². The maximum atomic E-state index is 7.00. The fourth-order valence-corrected chi connectivity index (χ4v) is 0.144. The summed E-state index contributed by atoms with van der Waals surface area (Å²) in [6.45, 7) is 0. The van der Waals surface area contributed by atoms with E-state index in [1.807, 2.05) is 0 Å².